The zero-order valence-electron chi connectivity index (χ0n) is 16.8. The summed E-state index contributed by atoms with van der Waals surface area (Å²) in [5, 5.41) is 1.12. The Morgan fingerprint density at radius 3 is 2.50 bits per heavy atom. The number of carbonyl (C=O) groups excluding carboxylic acids is 2. The highest BCUT2D eigenvalue weighted by Gasteiger charge is 2.20. The Bertz CT molecular complexity index is 1030. The number of ether oxygens (including phenoxy) is 1. The number of amides is 1. The van der Waals surface area contributed by atoms with E-state index >= 15 is 0 Å². The SMILES string of the molecule is COC(=O)c1ccc(C=CC(=O)N2CCN(Cc3nc4ccccc4s3)CC2)cc1. The van der Waals surface area contributed by atoms with Gasteiger partial charge in [0.05, 0.1) is 29.4 Å². The normalized spacial score (nSPS) is 15.0. The van der Waals surface area contributed by atoms with E-state index in [-0.39, 0.29) is 11.9 Å². The lowest BCUT2D eigenvalue weighted by molar-refractivity contribution is -0.127. The maximum atomic E-state index is 12.5. The van der Waals surface area contributed by atoms with E-state index in [2.05, 4.69) is 11.0 Å². The Balaban J connectivity index is 1.28. The molecule has 0 N–H and O–H groups in total. The fraction of sp³-hybridized carbons (Fsp3) is 0.261. The van der Waals surface area contributed by atoms with Gasteiger partial charge < -0.3 is 9.64 Å². The van der Waals surface area contributed by atoms with E-state index in [0.717, 1.165) is 35.7 Å². The van der Waals surface area contributed by atoms with Gasteiger partial charge in [-0.1, -0.05) is 24.3 Å². The largest absolute Gasteiger partial charge is 0.465 e. The number of fused-ring (bicyclic) bond motifs is 1. The van der Waals surface area contributed by atoms with Crippen molar-refractivity contribution >= 4 is 39.5 Å². The van der Waals surface area contributed by atoms with E-state index in [1.807, 2.05) is 23.1 Å². The lowest BCUT2D eigenvalue weighted by Crippen LogP contribution is -2.47. The van der Waals surface area contributed by atoms with E-state index in [0.29, 0.717) is 18.7 Å². The van der Waals surface area contributed by atoms with Crippen LogP contribution in [-0.2, 0) is 16.1 Å². The van der Waals surface area contributed by atoms with Crippen LogP contribution in [0, 0.1) is 0 Å². The summed E-state index contributed by atoms with van der Waals surface area (Å²) in [5.41, 5.74) is 2.41. The Hall–Kier alpha value is -3.03. The number of hydrogen-bond acceptors (Lipinski definition) is 6. The van der Waals surface area contributed by atoms with Crippen LogP contribution >= 0.6 is 11.3 Å². The first-order chi connectivity index (χ1) is 14.6. The molecule has 154 valence electrons. The lowest BCUT2D eigenvalue weighted by atomic mass is 10.1. The van der Waals surface area contributed by atoms with Gasteiger partial charge >= 0.3 is 5.97 Å². The lowest BCUT2D eigenvalue weighted by Gasteiger charge is -2.33. The molecule has 0 radical (unpaired) electrons. The van der Waals surface area contributed by atoms with E-state index in [9.17, 15) is 9.59 Å². The van der Waals surface area contributed by atoms with Gasteiger partial charge in [-0.05, 0) is 35.9 Å². The van der Waals surface area contributed by atoms with Gasteiger partial charge in [0.15, 0.2) is 0 Å². The summed E-state index contributed by atoms with van der Waals surface area (Å²) in [6.07, 6.45) is 3.37. The molecule has 1 saturated heterocycles. The van der Waals surface area contributed by atoms with Crippen LogP contribution in [0.4, 0.5) is 0 Å². The first-order valence-corrected chi connectivity index (χ1v) is 10.7. The molecular weight excluding hydrogens is 398 g/mol. The molecule has 0 bridgehead atoms. The molecule has 3 aromatic rings. The molecule has 0 unspecified atom stereocenters. The molecule has 0 aliphatic carbocycles. The van der Waals surface area contributed by atoms with Crippen molar-refractivity contribution in [2.24, 2.45) is 0 Å². The Morgan fingerprint density at radius 2 is 1.80 bits per heavy atom. The van der Waals surface area contributed by atoms with E-state index in [1.165, 1.54) is 11.8 Å². The van der Waals surface area contributed by atoms with Crippen molar-refractivity contribution in [3.8, 4) is 0 Å². The zero-order valence-corrected chi connectivity index (χ0v) is 17.6. The standard InChI is InChI=1S/C23H23N3O3S/c1-29-23(28)18-9-6-17(7-10-18)8-11-22(27)26-14-12-25(13-15-26)16-21-24-19-4-2-3-5-20(19)30-21/h2-11H,12-16H2,1H3. The molecule has 6 nitrogen and oxygen atoms in total. The fourth-order valence-corrected chi connectivity index (χ4v) is 4.44. The molecule has 7 heteroatoms. The molecule has 1 fully saturated rings. The second kappa shape index (κ2) is 9.19. The van der Waals surface area contributed by atoms with Crippen LogP contribution in [0.25, 0.3) is 16.3 Å². The Kier molecular flexibility index (Phi) is 6.21. The summed E-state index contributed by atoms with van der Waals surface area (Å²) in [7, 11) is 1.35. The highest BCUT2D eigenvalue weighted by molar-refractivity contribution is 7.18. The number of aromatic nitrogens is 1. The summed E-state index contributed by atoms with van der Waals surface area (Å²) in [4.78, 5) is 32.9. The molecule has 1 aromatic heterocycles. The molecule has 1 aliphatic rings. The van der Waals surface area contributed by atoms with Crippen molar-refractivity contribution in [3.63, 3.8) is 0 Å². The molecule has 0 saturated carbocycles. The Morgan fingerprint density at radius 1 is 1.07 bits per heavy atom. The quantitative estimate of drug-likeness (QED) is 0.467. The number of benzene rings is 2. The Labute approximate surface area is 179 Å². The predicted molar refractivity (Wildman–Crippen MR) is 118 cm³/mol. The van der Waals surface area contributed by atoms with Gasteiger partial charge in [-0.25, -0.2) is 9.78 Å². The van der Waals surface area contributed by atoms with Gasteiger partial charge in [-0.3, -0.25) is 9.69 Å². The molecule has 2 aromatic carbocycles. The predicted octanol–water partition coefficient (Wildman–Crippen LogP) is 3.44. The number of piperazine rings is 1. The zero-order chi connectivity index (χ0) is 20.9. The maximum absolute atomic E-state index is 12.5. The van der Waals surface area contributed by atoms with Crippen LogP contribution in [0.1, 0.15) is 20.9 Å². The third-order valence-corrected chi connectivity index (χ3v) is 6.15. The molecule has 30 heavy (non-hydrogen) atoms. The molecule has 1 aliphatic heterocycles. The molecule has 2 heterocycles. The number of para-hydroxylation sites is 1. The second-order valence-corrected chi connectivity index (χ2v) is 8.24. The van der Waals surface area contributed by atoms with Crippen molar-refractivity contribution < 1.29 is 14.3 Å². The topological polar surface area (TPSA) is 62.7 Å². The van der Waals surface area contributed by atoms with Gasteiger partial charge in [0.2, 0.25) is 5.91 Å². The van der Waals surface area contributed by atoms with Gasteiger partial charge in [-0.2, -0.15) is 0 Å². The number of esters is 1. The van der Waals surface area contributed by atoms with Crippen LogP contribution in [0.3, 0.4) is 0 Å². The summed E-state index contributed by atoms with van der Waals surface area (Å²) in [6.45, 7) is 3.90. The minimum Gasteiger partial charge on any atom is -0.465 e. The van der Waals surface area contributed by atoms with Crippen LogP contribution in [0.2, 0.25) is 0 Å². The first-order valence-electron chi connectivity index (χ1n) is 9.84. The maximum Gasteiger partial charge on any atom is 0.337 e. The molecule has 4 rings (SSSR count). The third kappa shape index (κ3) is 4.75. The number of hydrogen-bond donors (Lipinski definition) is 0. The molecule has 1 amide bonds. The van der Waals surface area contributed by atoms with Crippen molar-refractivity contribution in [3.05, 3.63) is 70.7 Å². The number of nitrogens with zero attached hydrogens (tertiary/aromatic N) is 3. The van der Waals surface area contributed by atoms with Gasteiger partial charge in [0.1, 0.15) is 5.01 Å². The van der Waals surface area contributed by atoms with Gasteiger partial charge in [0, 0.05) is 32.3 Å². The van der Waals surface area contributed by atoms with E-state index in [1.54, 1.807) is 47.8 Å². The smallest absolute Gasteiger partial charge is 0.337 e. The highest BCUT2D eigenvalue weighted by atomic mass is 32.1. The summed E-state index contributed by atoms with van der Waals surface area (Å²) in [6, 6.07) is 15.2. The molecular formula is C23H23N3O3S. The van der Waals surface area contributed by atoms with Gasteiger partial charge in [-0.15, -0.1) is 11.3 Å². The average molecular weight is 422 g/mol. The third-order valence-electron chi connectivity index (χ3n) is 5.13. The summed E-state index contributed by atoms with van der Waals surface area (Å²) in [5.74, 6) is -0.364. The summed E-state index contributed by atoms with van der Waals surface area (Å²) < 4.78 is 5.90. The van der Waals surface area contributed by atoms with Crippen LogP contribution in [-0.4, -0.2) is 59.9 Å². The fourth-order valence-electron chi connectivity index (χ4n) is 3.43. The van der Waals surface area contributed by atoms with E-state index < -0.39 is 0 Å². The minimum atomic E-state index is -0.370. The second-order valence-electron chi connectivity index (χ2n) is 7.12. The number of methoxy groups -OCH3 is 1. The first kappa shape index (κ1) is 20.3. The van der Waals surface area contributed by atoms with Crippen LogP contribution < -0.4 is 0 Å². The summed E-state index contributed by atoms with van der Waals surface area (Å²) >= 11 is 1.73. The average Bonchev–Trinajstić information content (AvgIpc) is 3.20. The van der Waals surface area contributed by atoms with Gasteiger partial charge in [0.25, 0.3) is 0 Å². The monoisotopic (exact) mass is 421 g/mol. The number of thiazole rings is 1. The number of carbonyl (C=O) groups is 2. The number of rotatable bonds is 5. The minimum absolute atomic E-state index is 0.00619. The van der Waals surface area contributed by atoms with Crippen molar-refractivity contribution in [1.29, 1.82) is 0 Å². The highest BCUT2D eigenvalue weighted by Crippen LogP contribution is 2.23. The van der Waals surface area contributed by atoms with Crippen LogP contribution in [0.15, 0.2) is 54.6 Å². The van der Waals surface area contributed by atoms with Crippen LogP contribution in [0.5, 0.6) is 0 Å². The van der Waals surface area contributed by atoms with E-state index in [4.69, 9.17) is 9.72 Å². The van der Waals surface area contributed by atoms with Crippen molar-refractivity contribution in [2.75, 3.05) is 33.3 Å². The molecule has 0 spiro atoms. The van der Waals surface area contributed by atoms with Crippen molar-refractivity contribution in [1.82, 2.24) is 14.8 Å². The molecule has 0 atom stereocenters. The van der Waals surface area contributed by atoms with Crippen molar-refractivity contribution in [2.45, 2.75) is 6.54 Å².